The number of halogens is 2. The van der Waals surface area contributed by atoms with Crippen molar-refractivity contribution in [3.05, 3.63) is 71.7 Å². The molecule has 0 radical (unpaired) electrons. The van der Waals surface area contributed by atoms with E-state index in [1.165, 1.54) is 31.4 Å². The van der Waals surface area contributed by atoms with Crippen molar-refractivity contribution in [2.24, 2.45) is 5.92 Å². The van der Waals surface area contributed by atoms with Crippen LogP contribution in [0.5, 0.6) is 0 Å². The number of hydrogen-bond donors (Lipinski definition) is 2. The molecule has 1 saturated carbocycles. The van der Waals surface area contributed by atoms with E-state index >= 15 is 0 Å². The van der Waals surface area contributed by atoms with Gasteiger partial charge < -0.3 is 15.2 Å². The molecule has 1 aliphatic carbocycles. The Hall–Kier alpha value is -3.66. The highest BCUT2D eigenvalue weighted by Crippen LogP contribution is 2.28. The van der Waals surface area contributed by atoms with E-state index in [0.29, 0.717) is 25.6 Å². The van der Waals surface area contributed by atoms with Crippen LogP contribution in [-0.2, 0) is 11.3 Å². The van der Waals surface area contributed by atoms with Crippen molar-refractivity contribution in [1.29, 1.82) is 0 Å². The number of nitrogens with zero attached hydrogens (tertiary/aromatic N) is 3. The lowest BCUT2D eigenvalue weighted by molar-refractivity contribution is -0.128. The van der Waals surface area contributed by atoms with Crippen molar-refractivity contribution in [2.45, 2.75) is 57.2 Å². The Morgan fingerprint density at radius 3 is 2.66 bits per heavy atom. The number of carbonyl (C=O) groups excluding carboxylic acids is 2. The number of piperidine rings is 1. The lowest BCUT2D eigenvalue weighted by Gasteiger charge is -2.43. The number of likely N-dealkylation sites (tertiary alicyclic amines) is 1. The first kappa shape index (κ1) is 26.0. The third-order valence-corrected chi connectivity index (χ3v) is 7.50. The van der Waals surface area contributed by atoms with Gasteiger partial charge in [-0.1, -0.05) is 30.5 Å². The van der Waals surface area contributed by atoms with Crippen LogP contribution in [0.3, 0.4) is 0 Å². The molecule has 3 heterocycles. The van der Waals surface area contributed by atoms with E-state index in [9.17, 15) is 18.4 Å². The Labute approximate surface area is 219 Å². The topological polar surface area (TPSA) is 100 Å². The van der Waals surface area contributed by atoms with Gasteiger partial charge in [-0.3, -0.25) is 19.5 Å². The maximum absolute atomic E-state index is 14.2. The smallest absolute Gasteiger partial charge is 0.273 e. The van der Waals surface area contributed by atoms with Crippen molar-refractivity contribution in [1.82, 2.24) is 25.7 Å². The van der Waals surface area contributed by atoms with Crippen LogP contribution in [0.25, 0.3) is 11.3 Å². The van der Waals surface area contributed by atoms with E-state index < -0.39 is 29.5 Å². The molecule has 2 amide bonds. The van der Waals surface area contributed by atoms with E-state index in [2.05, 4.69) is 25.7 Å². The molecule has 5 rings (SSSR count). The Morgan fingerprint density at radius 1 is 1.05 bits per heavy atom. The molecule has 0 unspecified atom stereocenters. The van der Waals surface area contributed by atoms with Crippen LogP contribution in [-0.4, -0.2) is 52.0 Å². The van der Waals surface area contributed by atoms with Crippen LogP contribution in [0.1, 0.15) is 54.7 Å². The molecular formula is C28H31F2N5O3. The number of hydrogen-bond acceptors (Lipinski definition) is 6. The molecular weight excluding hydrogens is 492 g/mol. The van der Waals surface area contributed by atoms with Gasteiger partial charge >= 0.3 is 0 Å². The zero-order valence-corrected chi connectivity index (χ0v) is 21.0. The van der Waals surface area contributed by atoms with Gasteiger partial charge in [-0.15, -0.1) is 0 Å². The predicted octanol–water partition coefficient (Wildman–Crippen LogP) is 4.08. The maximum atomic E-state index is 14.2. The molecule has 8 nitrogen and oxygen atoms in total. The zero-order chi connectivity index (χ0) is 26.5. The highest BCUT2D eigenvalue weighted by Gasteiger charge is 2.38. The largest absolute Gasteiger partial charge is 0.355 e. The average Bonchev–Trinajstić information content (AvgIpc) is 3.43. The van der Waals surface area contributed by atoms with E-state index in [4.69, 9.17) is 4.52 Å². The van der Waals surface area contributed by atoms with Crippen LogP contribution in [0.4, 0.5) is 8.78 Å². The summed E-state index contributed by atoms with van der Waals surface area (Å²) < 4.78 is 32.6. The minimum absolute atomic E-state index is 0.00511. The van der Waals surface area contributed by atoms with Gasteiger partial charge in [-0.2, -0.15) is 0 Å². The zero-order valence-electron chi connectivity index (χ0n) is 21.0. The third-order valence-electron chi connectivity index (χ3n) is 7.50. The summed E-state index contributed by atoms with van der Waals surface area (Å²) >= 11 is 0. The summed E-state index contributed by atoms with van der Waals surface area (Å²) in [6, 6.07) is 9.98. The van der Waals surface area contributed by atoms with Crippen LogP contribution < -0.4 is 10.6 Å². The lowest BCUT2D eigenvalue weighted by Crippen LogP contribution is -2.57. The number of amides is 2. The number of aromatic nitrogens is 2. The Morgan fingerprint density at radius 2 is 1.89 bits per heavy atom. The molecule has 0 bridgehead atoms. The fraction of sp³-hybridized carbons (Fsp3) is 0.429. The van der Waals surface area contributed by atoms with Gasteiger partial charge in [0.05, 0.1) is 23.7 Å². The normalized spacial score (nSPS) is 20.7. The molecule has 2 aliphatic rings. The second-order valence-electron chi connectivity index (χ2n) is 10.0. The lowest BCUT2D eigenvalue weighted by atomic mass is 9.87. The van der Waals surface area contributed by atoms with Crippen LogP contribution in [0, 0.1) is 17.6 Å². The Balaban J connectivity index is 1.29. The summed E-state index contributed by atoms with van der Waals surface area (Å²) in [5.74, 6) is -2.62. The molecule has 2 aromatic heterocycles. The first-order chi connectivity index (χ1) is 18.5. The van der Waals surface area contributed by atoms with Gasteiger partial charge in [0, 0.05) is 43.5 Å². The summed E-state index contributed by atoms with van der Waals surface area (Å²) in [4.78, 5) is 33.1. The molecule has 1 saturated heterocycles. The van der Waals surface area contributed by atoms with E-state index in [-0.39, 0.29) is 22.9 Å². The third kappa shape index (κ3) is 6.07. The standard InChI is InChI=1S/C28H31F2N5O3/c29-18-9-10-21(23(30)14-18)26-15-25(34-38-26)28(37)33-24-11-13-35(20-7-2-1-3-8-20)17-22(24)27(36)32-16-19-6-4-5-12-31-19/h4-6,9-10,12,14-15,20,22,24H,1-3,7-8,11,13,16-17H2,(H,32,36)(H,33,37)/t22-,24-/m0/s1. The fourth-order valence-electron chi connectivity index (χ4n) is 5.45. The number of nitrogens with one attached hydrogen (secondary N) is 2. The maximum Gasteiger partial charge on any atom is 0.273 e. The van der Waals surface area contributed by atoms with Crippen LogP contribution >= 0.6 is 0 Å². The van der Waals surface area contributed by atoms with Crippen molar-refractivity contribution in [2.75, 3.05) is 13.1 Å². The first-order valence-corrected chi connectivity index (χ1v) is 13.1. The van der Waals surface area contributed by atoms with Crippen molar-refractivity contribution in [3.8, 4) is 11.3 Å². The van der Waals surface area contributed by atoms with Crippen molar-refractivity contribution < 1.29 is 22.9 Å². The first-order valence-electron chi connectivity index (χ1n) is 13.1. The molecule has 2 fully saturated rings. The number of pyridine rings is 1. The highest BCUT2D eigenvalue weighted by atomic mass is 19.1. The van der Waals surface area contributed by atoms with Gasteiger partial charge in [0.25, 0.3) is 5.91 Å². The van der Waals surface area contributed by atoms with Gasteiger partial charge in [0.2, 0.25) is 5.91 Å². The molecule has 2 N–H and O–H groups in total. The molecule has 2 atom stereocenters. The molecule has 1 aromatic carbocycles. The van der Waals surface area contributed by atoms with Crippen LogP contribution in [0.2, 0.25) is 0 Å². The van der Waals surface area contributed by atoms with Gasteiger partial charge in [0.15, 0.2) is 11.5 Å². The minimum Gasteiger partial charge on any atom is -0.355 e. The van der Waals surface area contributed by atoms with Crippen molar-refractivity contribution >= 4 is 11.8 Å². The molecule has 10 heteroatoms. The summed E-state index contributed by atoms with van der Waals surface area (Å²) in [6.07, 6.45) is 8.18. The van der Waals surface area contributed by atoms with Gasteiger partial charge in [-0.25, -0.2) is 8.78 Å². The average molecular weight is 524 g/mol. The van der Waals surface area contributed by atoms with Gasteiger partial charge in [-0.05, 0) is 43.5 Å². The van der Waals surface area contributed by atoms with Gasteiger partial charge in [0.1, 0.15) is 11.6 Å². The molecule has 1 aliphatic heterocycles. The quantitative estimate of drug-likeness (QED) is 0.484. The Kier molecular flexibility index (Phi) is 8.07. The van der Waals surface area contributed by atoms with Crippen LogP contribution in [0.15, 0.2) is 53.2 Å². The number of rotatable bonds is 7. The van der Waals surface area contributed by atoms with E-state index in [1.807, 2.05) is 18.2 Å². The molecule has 0 spiro atoms. The SMILES string of the molecule is O=C(N[C@H]1CCN(C2CCCCC2)C[C@@H]1C(=O)NCc1ccccn1)c1cc(-c2ccc(F)cc2F)on1. The molecule has 200 valence electrons. The second-order valence-corrected chi connectivity index (χ2v) is 10.0. The highest BCUT2D eigenvalue weighted by molar-refractivity contribution is 5.94. The monoisotopic (exact) mass is 523 g/mol. The second kappa shape index (κ2) is 11.8. The molecule has 3 aromatic rings. The van der Waals surface area contributed by atoms with E-state index in [0.717, 1.165) is 37.2 Å². The van der Waals surface area contributed by atoms with E-state index in [1.54, 1.807) is 6.20 Å². The summed E-state index contributed by atoms with van der Waals surface area (Å²) in [6.45, 7) is 1.63. The summed E-state index contributed by atoms with van der Waals surface area (Å²) in [5.41, 5.74) is 0.723. The fourth-order valence-corrected chi connectivity index (χ4v) is 5.45. The summed E-state index contributed by atoms with van der Waals surface area (Å²) in [5, 5.41) is 9.73. The minimum atomic E-state index is -0.812. The number of benzene rings is 1. The predicted molar refractivity (Wildman–Crippen MR) is 136 cm³/mol. The number of carbonyl (C=O) groups is 2. The van der Waals surface area contributed by atoms with Crippen molar-refractivity contribution in [3.63, 3.8) is 0 Å². The summed E-state index contributed by atoms with van der Waals surface area (Å²) in [7, 11) is 0. The Bertz CT molecular complexity index is 1260. The molecule has 38 heavy (non-hydrogen) atoms.